The van der Waals surface area contributed by atoms with Crippen LogP contribution in [0.4, 0.5) is 13.9 Å². The Balaban J connectivity index is 1.38. The van der Waals surface area contributed by atoms with Gasteiger partial charge in [-0.25, -0.2) is 13.8 Å². The molecule has 0 unspecified atom stereocenters. The first kappa shape index (κ1) is 22.0. The van der Waals surface area contributed by atoms with Crippen molar-refractivity contribution in [2.24, 2.45) is 0 Å². The number of para-hydroxylation sites is 2. The molecule has 1 atom stereocenters. The van der Waals surface area contributed by atoms with E-state index in [0.717, 1.165) is 37.0 Å². The topological polar surface area (TPSA) is 64.1 Å². The third-order valence-corrected chi connectivity index (χ3v) is 6.67. The number of carbonyl (C=O) groups is 1. The molecule has 2 aliphatic rings. The normalized spacial score (nSPS) is 18.4. The van der Waals surface area contributed by atoms with E-state index in [-0.39, 0.29) is 18.0 Å². The molecule has 0 N–H and O–H groups in total. The van der Waals surface area contributed by atoms with E-state index in [1.165, 1.54) is 11.0 Å². The maximum absolute atomic E-state index is 14.3. The summed E-state index contributed by atoms with van der Waals surface area (Å²) >= 11 is 1.08. The van der Waals surface area contributed by atoms with Crippen LogP contribution in [0.2, 0.25) is 0 Å². The minimum Gasteiger partial charge on any atom is -0.485 e. The SMILES string of the molecule is O=C([C@@H]1COc2ccccc2O1)N(CCCN1CCOCC1)c1nc2c(F)cc(F)cc2s1. The van der Waals surface area contributed by atoms with Gasteiger partial charge in [0.1, 0.15) is 17.9 Å². The van der Waals surface area contributed by atoms with Gasteiger partial charge in [0.2, 0.25) is 6.10 Å². The van der Waals surface area contributed by atoms with E-state index in [1.54, 1.807) is 18.2 Å². The highest BCUT2D eigenvalue weighted by Crippen LogP contribution is 2.34. The Morgan fingerprint density at radius 1 is 1.18 bits per heavy atom. The van der Waals surface area contributed by atoms with Crippen LogP contribution < -0.4 is 14.4 Å². The van der Waals surface area contributed by atoms with Crippen LogP contribution in [0.3, 0.4) is 0 Å². The monoisotopic (exact) mass is 475 g/mol. The van der Waals surface area contributed by atoms with Crippen molar-refractivity contribution in [3.05, 3.63) is 48.0 Å². The molecule has 1 saturated heterocycles. The summed E-state index contributed by atoms with van der Waals surface area (Å²) < 4.78 is 45.3. The van der Waals surface area contributed by atoms with E-state index in [4.69, 9.17) is 14.2 Å². The molecule has 0 saturated carbocycles. The summed E-state index contributed by atoms with van der Waals surface area (Å²) in [5.41, 5.74) is 0.0496. The number of fused-ring (bicyclic) bond motifs is 2. The molecule has 7 nitrogen and oxygen atoms in total. The molecule has 174 valence electrons. The fourth-order valence-electron chi connectivity index (χ4n) is 3.95. The van der Waals surface area contributed by atoms with Gasteiger partial charge in [-0.3, -0.25) is 14.6 Å². The van der Waals surface area contributed by atoms with Crippen molar-refractivity contribution in [2.75, 3.05) is 50.9 Å². The number of aromatic nitrogens is 1. The number of hydrogen-bond acceptors (Lipinski definition) is 7. The van der Waals surface area contributed by atoms with Crippen LogP contribution >= 0.6 is 11.3 Å². The molecule has 0 bridgehead atoms. The molecule has 3 aromatic rings. The van der Waals surface area contributed by atoms with Gasteiger partial charge in [-0.15, -0.1) is 0 Å². The number of benzene rings is 2. The minimum absolute atomic E-state index is 0.0496. The van der Waals surface area contributed by atoms with Gasteiger partial charge in [0.25, 0.3) is 5.91 Å². The molecular formula is C23H23F2N3O4S. The number of carbonyl (C=O) groups excluding carboxylic acids is 1. The maximum Gasteiger partial charge on any atom is 0.273 e. The first-order valence-electron chi connectivity index (χ1n) is 10.8. The molecule has 5 rings (SSSR count). The number of rotatable bonds is 6. The lowest BCUT2D eigenvalue weighted by Gasteiger charge is -2.31. The van der Waals surface area contributed by atoms with E-state index in [1.807, 2.05) is 6.07 Å². The van der Waals surface area contributed by atoms with Crippen LogP contribution in [0.1, 0.15) is 6.42 Å². The third kappa shape index (κ3) is 4.78. The van der Waals surface area contributed by atoms with Crippen LogP contribution in [0, 0.1) is 11.6 Å². The Kier molecular flexibility index (Phi) is 6.39. The minimum atomic E-state index is -0.864. The van der Waals surface area contributed by atoms with Crippen molar-refractivity contribution < 1.29 is 27.8 Å². The van der Waals surface area contributed by atoms with E-state index in [0.29, 0.717) is 47.5 Å². The Hall–Kier alpha value is -2.82. The number of anilines is 1. The fourth-order valence-corrected chi connectivity index (χ4v) is 4.99. The van der Waals surface area contributed by atoms with Crippen molar-refractivity contribution in [2.45, 2.75) is 12.5 Å². The van der Waals surface area contributed by atoms with Crippen molar-refractivity contribution in [3.8, 4) is 11.5 Å². The lowest BCUT2D eigenvalue weighted by molar-refractivity contribution is -0.127. The third-order valence-electron chi connectivity index (χ3n) is 5.64. The van der Waals surface area contributed by atoms with Crippen molar-refractivity contribution in [1.82, 2.24) is 9.88 Å². The smallest absolute Gasteiger partial charge is 0.273 e. The van der Waals surface area contributed by atoms with Crippen molar-refractivity contribution in [3.63, 3.8) is 0 Å². The van der Waals surface area contributed by atoms with Gasteiger partial charge in [0, 0.05) is 32.2 Å². The Morgan fingerprint density at radius 3 is 2.79 bits per heavy atom. The summed E-state index contributed by atoms with van der Waals surface area (Å²) in [5.74, 6) is -0.683. The molecule has 0 aliphatic carbocycles. The molecule has 1 aromatic heterocycles. The predicted molar refractivity (Wildman–Crippen MR) is 120 cm³/mol. The predicted octanol–water partition coefficient (Wildman–Crippen LogP) is 3.47. The van der Waals surface area contributed by atoms with E-state index >= 15 is 0 Å². The zero-order valence-corrected chi connectivity index (χ0v) is 18.7. The number of hydrogen-bond donors (Lipinski definition) is 0. The number of thiazole rings is 1. The first-order chi connectivity index (χ1) is 16.1. The van der Waals surface area contributed by atoms with Crippen molar-refractivity contribution >= 4 is 32.6 Å². The average molecular weight is 476 g/mol. The van der Waals surface area contributed by atoms with Gasteiger partial charge >= 0.3 is 0 Å². The Morgan fingerprint density at radius 2 is 1.97 bits per heavy atom. The summed E-state index contributed by atoms with van der Waals surface area (Å²) in [4.78, 5) is 21.6. The molecular weight excluding hydrogens is 452 g/mol. The molecule has 0 radical (unpaired) electrons. The zero-order valence-electron chi connectivity index (χ0n) is 17.8. The summed E-state index contributed by atoms with van der Waals surface area (Å²) in [6, 6.07) is 9.18. The molecule has 2 aliphatic heterocycles. The second kappa shape index (κ2) is 9.58. The lowest BCUT2D eigenvalue weighted by Crippen LogP contribution is -2.47. The fraction of sp³-hybridized carbons (Fsp3) is 0.391. The maximum atomic E-state index is 14.3. The van der Waals surface area contributed by atoms with Gasteiger partial charge < -0.3 is 14.2 Å². The van der Waals surface area contributed by atoms with Gasteiger partial charge in [0.15, 0.2) is 22.4 Å². The van der Waals surface area contributed by atoms with Gasteiger partial charge in [0.05, 0.1) is 17.9 Å². The van der Waals surface area contributed by atoms with Gasteiger partial charge in [-0.2, -0.15) is 0 Å². The van der Waals surface area contributed by atoms with Crippen LogP contribution in [0.25, 0.3) is 10.2 Å². The summed E-state index contributed by atoms with van der Waals surface area (Å²) in [6.45, 7) is 4.28. The summed E-state index contributed by atoms with van der Waals surface area (Å²) in [6.07, 6.45) is -0.181. The zero-order chi connectivity index (χ0) is 22.8. The molecule has 0 spiro atoms. The molecule has 10 heteroatoms. The summed E-state index contributed by atoms with van der Waals surface area (Å²) in [7, 11) is 0. The van der Waals surface area contributed by atoms with Gasteiger partial charge in [-0.05, 0) is 24.6 Å². The standard InChI is InChI=1S/C23H23F2N3O4S/c24-15-12-16(25)21-20(13-15)33-23(26-21)28(7-3-6-27-8-10-30-11-9-27)22(29)19-14-31-17-4-1-2-5-18(17)32-19/h1-2,4-5,12-13,19H,3,6-11,14H2/t19-/m0/s1. The van der Waals surface area contributed by atoms with Gasteiger partial charge in [-0.1, -0.05) is 23.5 Å². The lowest BCUT2D eigenvalue weighted by atomic mass is 10.2. The van der Waals surface area contributed by atoms with E-state index < -0.39 is 17.7 Å². The largest absolute Gasteiger partial charge is 0.485 e. The number of nitrogens with zero attached hydrogens (tertiary/aromatic N) is 3. The highest BCUT2D eigenvalue weighted by Gasteiger charge is 2.33. The van der Waals surface area contributed by atoms with Crippen LogP contribution in [-0.2, 0) is 9.53 Å². The first-order valence-corrected chi connectivity index (χ1v) is 11.7. The average Bonchev–Trinajstić information content (AvgIpc) is 3.26. The van der Waals surface area contributed by atoms with Crippen LogP contribution in [0.5, 0.6) is 11.5 Å². The number of amides is 1. The Bertz CT molecular complexity index is 1150. The number of morpholine rings is 1. The molecule has 2 aromatic carbocycles. The van der Waals surface area contributed by atoms with E-state index in [2.05, 4.69) is 9.88 Å². The molecule has 1 fully saturated rings. The number of ether oxygens (including phenoxy) is 3. The highest BCUT2D eigenvalue weighted by atomic mass is 32.1. The summed E-state index contributed by atoms with van der Waals surface area (Å²) in [5, 5.41) is 0.309. The number of halogens is 2. The highest BCUT2D eigenvalue weighted by molar-refractivity contribution is 7.22. The molecule has 33 heavy (non-hydrogen) atoms. The van der Waals surface area contributed by atoms with Crippen molar-refractivity contribution in [1.29, 1.82) is 0 Å². The van der Waals surface area contributed by atoms with E-state index in [9.17, 15) is 13.6 Å². The second-order valence-corrected chi connectivity index (χ2v) is 8.90. The molecule has 3 heterocycles. The van der Waals surface area contributed by atoms with Crippen LogP contribution in [0.15, 0.2) is 36.4 Å². The second-order valence-electron chi connectivity index (χ2n) is 7.89. The van der Waals surface area contributed by atoms with Crippen LogP contribution in [-0.4, -0.2) is 67.9 Å². The quantitative estimate of drug-likeness (QED) is 0.544. The molecule has 1 amide bonds. The Labute approximate surface area is 193 Å².